The molecular formula is C21H28ClNO5. The van der Waals surface area contributed by atoms with Crippen molar-refractivity contribution in [2.45, 2.75) is 39.7 Å². The van der Waals surface area contributed by atoms with Crippen LogP contribution in [0.3, 0.4) is 0 Å². The number of carbonyl (C=O) groups excluding carboxylic acids is 2. The lowest BCUT2D eigenvalue weighted by molar-refractivity contribution is -0.149. The molecular weight excluding hydrogens is 382 g/mol. The molecule has 0 unspecified atom stereocenters. The first-order chi connectivity index (χ1) is 13.3. The molecule has 0 aromatic heterocycles. The fourth-order valence-electron chi connectivity index (χ4n) is 3.04. The van der Waals surface area contributed by atoms with E-state index in [9.17, 15) is 9.59 Å². The highest BCUT2D eigenvalue weighted by molar-refractivity contribution is 6.32. The molecule has 0 bridgehead atoms. The Labute approximate surface area is 171 Å². The number of likely N-dealkylation sites (tertiary alicyclic amines) is 1. The smallest absolute Gasteiger partial charge is 0.331 e. The number of amides is 1. The lowest BCUT2D eigenvalue weighted by Crippen LogP contribution is -2.41. The van der Waals surface area contributed by atoms with Gasteiger partial charge in [0.05, 0.1) is 18.2 Å². The Morgan fingerprint density at radius 1 is 1.36 bits per heavy atom. The van der Waals surface area contributed by atoms with Crippen molar-refractivity contribution in [3.8, 4) is 11.5 Å². The number of methoxy groups -OCH3 is 1. The summed E-state index contributed by atoms with van der Waals surface area (Å²) in [5.41, 5.74) is 0.658. The Morgan fingerprint density at radius 2 is 2.11 bits per heavy atom. The van der Waals surface area contributed by atoms with Gasteiger partial charge in [0.1, 0.15) is 0 Å². The van der Waals surface area contributed by atoms with Gasteiger partial charge in [0, 0.05) is 19.2 Å². The second-order valence-electron chi connectivity index (χ2n) is 7.23. The molecule has 28 heavy (non-hydrogen) atoms. The van der Waals surface area contributed by atoms with Crippen LogP contribution in [0.5, 0.6) is 11.5 Å². The maximum atomic E-state index is 12.2. The Morgan fingerprint density at radius 3 is 2.75 bits per heavy atom. The molecule has 154 valence electrons. The average molecular weight is 410 g/mol. The van der Waals surface area contributed by atoms with Gasteiger partial charge in [0.2, 0.25) is 0 Å². The van der Waals surface area contributed by atoms with E-state index in [1.807, 2.05) is 13.8 Å². The third kappa shape index (κ3) is 6.44. The van der Waals surface area contributed by atoms with Crippen molar-refractivity contribution in [2.24, 2.45) is 5.92 Å². The number of carbonyl (C=O) groups is 2. The van der Waals surface area contributed by atoms with Crippen LogP contribution in [0.2, 0.25) is 5.02 Å². The van der Waals surface area contributed by atoms with E-state index in [1.54, 1.807) is 23.1 Å². The van der Waals surface area contributed by atoms with Crippen LogP contribution >= 0.6 is 11.6 Å². The van der Waals surface area contributed by atoms with Crippen molar-refractivity contribution in [1.82, 2.24) is 4.90 Å². The standard InChI is InChI=1S/C21H28ClNO5/c1-14(2)28-21-17(22)10-16(11-18(21)26-4)7-8-20(25)27-13-19(24)23-9-5-6-15(3)12-23/h7-8,10-11,14-15H,5-6,9,12-13H2,1-4H3/b8-7+/t15-/m1/s1. The van der Waals surface area contributed by atoms with Gasteiger partial charge in [0.25, 0.3) is 5.91 Å². The molecule has 1 aromatic rings. The fourth-order valence-corrected chi connectivity index (χ4v) is 3.30. The normalized spacial score (nSPS) is 17.1. The maximum absolute atomic E-state index is 12.2. The molecule has 0 saturated carbocycles. The summed E-state index contributed by atoms with van der Waals surface area (Å²) in [6.07, 6.45) is 4.88. The van der Waals surface area contributed by atoms with E-state index in [2.05, 4.69) is 6.92 Å². The van der Waals surface area contributed by atoms with E-state index in [0.717, 1.165) is 25.9 Å². The number of hydrogen-bond donors (Lipinski definition) is 0. The van der Waals surface area contributed by atoms with Gasteiger partial charge in [-0.3, -0.25) is 4.79 Å². The maximum Gasteiger partial charge on any atom is 0.331 e. The molecule has 1 amide bonds. The predicted octanol–water partition coefficient (Wildman–Crippen LogP) is 3.95. The van der Waals surface area contributed by atoms with Crippen LogP contribution in [0.4, 0.5) is 0 Å². The molecule has 2 rings (SSSR count). The number of ether oxygens (including phenoxy) is 3. The van der Waals surface area contributed by atoms with Gasteiger partial charge in [-0.25, -0.2) is 4.79 Å². The molecule has 1 aliphatic heterocycles. The molecule has 0 N–H and O–H groups in total. The molecule has 1 aromatic carbocycles. The SMILES string of the molecule is COc1cc(/C=C/C(=O)OCC(=O)N2CCC[C@@H](C)C2)cc(Cl)c1OC(C)C. The molecule has 0 aliphatic carbocycles. The van der Waals surface area contributed by atoms with Crippen LogP contribution in [0.1, 0.15) is 39.2 Å². The Kier molecular flexibility index (Phi) is 8.18. The summed E-state index contributed by atoms with van der Waals surface area (Å²) in [5, 5.41) is 0.385. The Hall–Kier alpha value is -2.21. The molecule has 1 heterocycles. The van der Waals surface area contributed by atoms with Gasteiger partial charge in [-0.1, -0.05) is 18.5 Å². The van der Waals surface area contributed by atoms with Gasteiger partial charge in [-0.15, -0.1) is 0 Å². The Bertz CT molecular complexity index is 732. The van der Waals surface area contributed by atoms with E-state index >= 15 is 0 Å². The van der Waals surface area contributed by atoms with Crippen LogP contribution in [-0.4, -0.2) is 49.7 Å². The van der Waals surface area contributed by atoms with Crippen LogP contribution in [0.25, 0.3) is 6.08 Å². The molecule has 0 radical (unpaired) electrons. The van der Waals surface area contributed by atoms with E-state index in [0.29, 0.717) is 28.0 Å². The second-order valence-corrected chi connectivity index (χ2v) is 7.64. The van der Waals surface area contributed by atoms with Gasteiger partial charge < -0.3 is 19.1 Å². The van der Waals surface area contributed by atoms with Crippen LogP contribution < -0.4 is 9.47 Å². The minimum atomic E-state index is -0.587. The lowest BCUT2D eigenvalue weighted by atomic mass is 10.0. The zero-order valence-electron chi connectivity index (χ0n) is 16.9. The topological polar surface area (TPSA) is 65.1 Å². The number of piperidine rings is 1. The Balaban J connectivity index is 1.94. The van der Waals surface area contributed by atoms with Crippen molar-refractivity contribution in [1.29, 1.82) is 0 Å². The van der Waals surface area contributed by atoms with Gasteiger partial charge in [0.15, 0.2) is 18.1 Å². The second kappa shape index (κ2) is 10.4. The third-order valence-corrected chi connectivity index (χ3v) is 4.65. The number of hydrogen-bond acceptors (Lipinski definition) is 5. The molecule has 0 spiro atoms. The molecule has 7 heteroatoms. The van der Waals surface area contributed by atoms with Crippen molar-refractivity contribution < 1.29 is 23.8 Å². The first-order valence-corrected chi connectivity index (χ1v) is 9.84. The molecule has 1 aliphatic rings. The van der Waals surface area contributed by atoms with Crippen molar-refractivity contribution in [3.05, 3.63) is 28.8 Å². The number of benzene rings is 1. The lowest BCUT2D eigenvalue weighted by Gasteiger charge is -2.30. The number of halogens is 1. The predicted molar refractivity (Wildman–Crippen MR) is 109 cm³/mol. The van der Waals surface area contributed by atoms with E-state index in [-0.39, 0.29) is 18.6 Å². The van der Waals surface area contributed by atoms with Gasteiger partial charge in [-0.05, 0) is 56.4 Å². The van der Waals surface area contributed by atoms with E-state index in [1.165, 1.54) is 13.2 Å². The quantitative estimate of drug-likeness (QED) is 0.504. The highest BCUT2D eigenvalue weighted by Crippen LogP contribution is 2.37. The summed E-state index contributed by atoms with van der Waals surface area (Å²) in [6.45, 7) is 7.10. The third-order valence-electron chi connectivity index (χ3n) is 4.36. The summed E-state index contributed by atoms with van der Waals surface area (Å²) < 4.78 is 16.1. The fraction of sp³-hybridized carbons (Fsp3) is 0.524. The van der Waals surface area contributed by atoms with Crippen molar-refractivity contribution in [3.63, 3.8) is 0 Å². The van der Waals surface area contributed by atoms with Crippen LogP contribution in [-0.2, 0) is 14.3 Å². The largest absolute Gasteiger partial charge is 0.493 e. The van der Waals surface area contributed by atoms with E-state index < -0.39 is 5.97 Å². The minimum Gasteiger partial charge on any atom is -0.493 e. The zero-order valence-corrected chi connectivity index (χ0v) is 17.6. The molecule has 1 saturated heterocycles. The van der Waals surface area contributed by atoms with Crippen molar-refractivity contribution >= 4 is 29.6 Å². The van der Waals surface area contributed by atoms with Gasteiger partial charge >= 0.3 is 5.97 Å². The monoisotopic (exact) mass is 409 g/mol. The first-order valence-electron chi connectivity index (χ1n) is 9.47. The average Bonchev–Trinajstić information content (AvgIpc) is 2.65. The molecule has 1 fully saturated rings. The first kappa shape index (κ1) is 22.1. The highest BCUT2D eigenvalue weighted by Gasteiger charge is 2.21. The summed E-state index contributed by atoms with van der Waals surface area (Å²) >= 11 is 6.27. The number of esters is 1. The number of rotatable bonds is 7. The highest BCUT2D eigenvalue weighted by atomic mass is 35.5. The van der Waals surface area contributed by atoms with Crippen molar-refractivity contribution in [2.75, 3.05) is 26.8 Å². The van der Waals surface area contributed by atoms with E-state index in [4.69, 9.17) is 25.8 Å². The molecule has 1 atom stereocenters. The summed E-state index contributed by atoms with van der Waals surface area (Å²) in [4.78, 5) is 25.9. The summed E-state index contributed by atoms with van der Waals surface area (Å²) in [6, 6.07) is 3.39. The minimum absolute atomic E-state index is 0.0526. The molecule has 6 nitrogen and oxygen atoms in total. The van der Waals surface area contributed by atoms with Gasteiger partial charge in [-0.2, -0.15) is 0 Å². The zero-order chi connectivity index (χ0) is 20.7. The summed E-state index contributed by atoms with van der Waals surface area (Å²) in [7, 11) is 1.52. The van der Waals surface area contributed by atoms with Crippen LogP contribution in [0.15, 0.2) is 18.2 Å². The summed E-state index contributed by atoms with van der Waals surface area (Å²) in [5.74, 6) is 0.670. The van der Waals surface area contributed by atoms with Crippen LogP contribution in [0, 0.1) is 5.92 Å². The number of nitrogens with zero attached hydrogens (tertiary/aromatic N) is 1.